The zero-order valence-electron chi connectivity index (χ0n) is 11.3. The molecule has 1 heterocycles. The van der Waals surface area contributed by atoms with Crippen molar-refractivity contribution in [2.45, 2.75) is 38.6 Å². The Kier molecular flexibility index (Phi) is 4.06. The van der Waals surface area contributed by atoms with Crippen LogP contribution in [-0.2, 0) is 12.8 Å². The number of benzene rings is 1. The molecular formula is C15H24N2. The van der Waals surface area contributed by atoms with E-state index < -0.39 is 0 Å². The van der Waals surface area contributed by atoms with Crippen molar-refractivity contribution in [2.75, 3.05) is 25.5 Å². The van der Waals surface area contributed by atoms with E-state index >= 15 is 0 Å². The van der Waals surface area contributed by atoms with Crippen molar-refractivity contribution in [3.05, 3.63) is 29.3 Å². The summed E-state index contributed by atoms with van der Waals surface area (Å²) >= 11 is 0. The molecule has 0 saturated carbocycles. The third kappa shape index (κ3) is 2.63. The van der Waals surface area contributed by atoms with E-state index in [4.69, 9.17) is 0 Å². The molecule has 0 radical (unpaired) electrons. The molecule has 0 aliphatic carbocycles. The highest BCUT2D eigenvalue weighted by Crippen LogP contribution is 2.31. The van der Waals surface area contributed by atoms with Crippen molar-refractivity contribution in [3.8, 4) is 0 Å². The number of hydrogen-bond donors (Lipinski definition) is 1. The van der Waals surface area contributed by atoms with Gasteiger partial charge in [-0.15, -0.1) is 0 Å². The van der Waals surface area contributed by atoms with E-state index in [0.29, 0.717) is 6.04 Å². The summed E-state index contributed by atoms with van der Waals surface area (Å²) in [5.74, 6) is 0. The van der Waals surface area contributed by atoms with Gasteiger partial charge in [-0.2, -0.15) is 0 Å². The minimum atomic E-state index is 0.697. The second-order valence-corrected chi connectivity index (χ2v) is 5.01. The van der Waals surface area contributed by atoms with E-state index in [9.17, 15) is 0 Å². The lowest BCUT2D eigenvalue weighted by atomic mass is 9.93. The summed E-state index contributed by atoms with van der Waals surface area (Å²) in [5, 5.41) is 3.25. The molecule has 0 aromatic heterocycles. The Morgan fingerprint density at radius 2 is 2.24 bits per heavy atom. The summed E-state index contributed by atoms with van der Waals surface area (Å²) < 4.78 is 0. The van der Waals surface area contributed by atoms with E-state index in [1.807, 2.05) is 7.05 Å². The number of nitrogens with one attached hydrogen (secondary N) is 1. The lowest BCUT2D eigenvalue weighted by Crippen LogP contribution is -2.37. The van der Waals surface area contributed by atoms with Gasteiger partial charge in [0.25, 0.3) is 0 Å². The summed E-state index contributed by atoms with van der Waals surface area (Å²) in [4.78, 5) is 2.47. The Balaban J connectivity index is 2.15. The highest BCUT2D eigenvalue weighted by Gasteiger charge is 2.22. The van der Waals surface area contributed by atoms with Gasteiger partial charge >= 0.3 is 0 Å². The van der Waals surface area contributed by atoms with Gasteiger partial charge in [0.2, 0.25) is 0 Å². The minimum Gasteiger partial charge on any atom is -0.371 e. The van der Waals surface area contributed by atoms with Crippen LogP contribution in [0.5, 0.6) is 0 Å². The topological polar surface area (TPSA) is 15.3 Å². The van der Waals surface area contributed by atoms with E-state index in [2.05, 4.69) is 42.4 Å². The van der Waals surface area contributed by atoms with Crippen LogP contribution in [-0.4, -0.2) is 26.7 Å². The van der Waals surface area contributed by atoms with Gasteiger partial charge in [-0.25, -0.2) is 0 Å². The fraction of sp³-hybridized carbons (Fsp3) is 0.600. The molecule has 0 bridgehead atoms. The van der Waals surface area contributed by atoms with Crippen LogP contribution >= 0.6 is 0 Å². The number of anilines is 1. The van der Waals surface area contributed by atoms with Crippen molar-refractivity contribution in [2.24, 2.45) is 0 Å². The standard InChI is InChI=1S/C15H24N2/c1-4-12-5-8-15-13(11-12)6-7-14(17(15)3)9-10-16-2/h5,8,11,14,16H,4,6-7,9-10H2,1-3H3. The Morgan fingerprint density at radius 3 is 2.94 bits per heavy atom. The molecule has 2 heteroatoms. The Bertz CT molecular complexity index is 373. The molecule has 2 nitrogen and oxygen atoms in total. The number of hydrogen-bond acceptors (Lipinski definition) is 2. The van der Waals surface area contributed by atoms with E-state index in [1.165, 1.54) is 36.1 Å². The number of aryl methyl sites for hydroxylation is 2. The second-order valence-electron chi connectivity index (χ2n) is 5.01. The van der Waals surface area contributed by atoms with Gasteiger partial charge in [0.05, 0.1) is 0 Å². The molecule has 1 aromatic carbocycles. The van der Waals surface area contributed by atoms with Crippen LogP contribution < -0.4 is 10.2 Å². The van der Waals surface area contributed by atoms with Gasteiger partial charge in [0, 0.05) is 18.8 Å². The van der Waals surface area contributed by atoms with Gasteiger partial charge < -0.3 is 10.2 Å². The van der Waals surface area contributed by atoms with Gasteiger partial charge in [0.1, 0.15) is 0 Å². The fourth-order valence-corrected chi connectivity index (χ4v) is 2.76. The molecular weight excluding hydrogens is 208 g/mol. The Hall–Kier alpha value is -1.02. The summed E-state index contributed by atoms with van der Waals surface area (Å²) in [6, 6.07) is 7.66. The fourth-order valence-electron chi connectivity index (χ4n) is 2.76. The first-order valence-electron chi connectivity index (χ1n) is 6.75. The molecule has 0 fully saturated rings. The number of nitrogens with zero attached hydrogens (tertiary/aromatic N) is 1. The minimum absolute atomic E-state index is 0.697. The van der Waals surface area contributed by atoms with Crippen LogP contribution in [0, 0.1) is 0 Å². The number of rotatable bonds is 4. The summed E-state index contributed by atoms with van der Waals surface area (Å²) in [5.41, 5.74) is 4.44. The number of fused-ring (bicyclic) bond motifs is 1. The van der Waals surface area contributed by atoms with Gasteiger partial charge in [-0.1, -0.05) is 19.1 Å². The average molecular weight is 232 g/mol. The van der Waals surface area contributed by atoms with Gasteiger partial charge in [-0.05, 0) is 56.5 Å². The van der Waals surface area contributed by atoms with Gasteiger partial charge in [-0.3, -0.25) is 0 Å². The largest absolute Gasteiger partial charge is 0.371 e. The lowest BCUT2D eigenvalue weighted by Gasteiger charge is -2.36. The summed E-state index contributed by atoms with van der Waals surface area (Å²) in [7, 11) is 4.27. The molecule has 1 aromatic rings. The van der Waals surface area contributed by atoms with Crippen LogP contribution in [0.3, 0.4) is 0 Å². The zero-order chi connectivity index (χ0) is 12.3. The monoisotopic (exact) mass is 232 g/mol. The summed E-state index contributed by atoms with van der Waals surface area (Å²) in [6.45, 7) is 3.33. The highest BCUT2D eigenvalue weighted by molar-refractivity contribution is 5.57. The van der Waals surface area contributed by atoms with E-state index in [1.54, 1.807) is 0 Å². The molecule has 0 saturated heterocycles. The molecule has 0 amide bonds. The molecule has 1 atom stereocenters. The van der Waals surface area contributed by atoms with E-state index in [0.717, 1.165) is 13.0 Å². The molecule has 0 spiro atoms. The highest BCUT2D eigenvalue weighted by atomic mass is 15.1. The first kappa shape index (κ1) is 12.4. The Labute approximate surface area is 105 Å². The maximum absolute atomic E-state index is 3.25. The van der Waals surface area contributed by atoms with E-state index in [-0.39, 0.29) is 0 Å². The maximum atomic E-state index is 3.25. The molecule has 1 aliphatic heterocycles. The van der Waals surface area contributed by atoms with Crippen molar-refractivity contribution in [3.63, 3.8) is 0 Å². The molecule has 1 aliphatic rings. The third-order valence-corrected chi connectivity index (χ3v) is 3.95. The maximum Gasteiger partial charge on any atom is 0.0398 e. The molecule has 17 heavy (non-hydrogen) atoms. The van der Waals surface area contributed by atoms with Crippen LogP contribution in [0.4, 0.5) is 5.69 Å². The van der Waals surface area contributed by atoms with Crippen LogP contribution in [0.1, 0.15) is 30.9 Å². The predicted molar refractivity (Wildman–Crippen MR) is 74.9 cm³/mol. The van der Waals surface area contributed by atoms with Crippen molar-refractivity contribution < 1.29 is 0 Å². The van der Waals surface area contributed by atoms with Crippen LogP contribution in [0.2, 0.25) is 0 Å². The summed E-state index contributed by atoms with van der Waals surface area (Å²) in [6.07, 6.45) is 4.91. The zero-order valence-corrected chi connectivity index (χ0v) is 11.3. The smallest absolute Gasteiger partial charge is 0.0398 e. The van der Waals surface area contributed by atoms with Crippen molar-refractivity contribution in [1.82, 2.24) is 5.32 Å². The lowest BCUT2D eigenvalue weighted by molar-refractivity contribution is 0.510. The first-order chi connectivity index (χ1) is 8.26. The van der Waals surface area contributed by atoms with Gasteiger partial charge in [0.15, 0.2) is 0 Å². The third-order valence-electron chi connectivity index (χ3n) is 3.95. The first-order valence-corrected chi connectivity index (χ1v) is 6.75. The van der Waals surface area contributed by atoms with Crippen LogP contribution in [0.15, 0.2) is 18.2 Å². The quantitative estimate of drug-likeness (QED) is 0.858. The predicted octanol–water partition coefficient (Wildman–Crippen LogP) is 2.61. The Morgan fingerprint density at radius 1 is 1.41 bits per heavy atom. The second kappa shape index (κ2) is 5.54. The molecule has 2 rings (SSSR count). The normalized spacial score (nSPS) is 19.2. The molecule has 1 N–H and O–H groups in total. The van der Waals surface area contributed by atoms with Crippen molar-refractivity contribution >= 4 is 5.69 Å². The SMILES string of the molecule is CCc1ccc2c(c1)CCC(CCNC)N2C. The molecule has 94 valence electrons. The molecule has 1 unspecified atom stereocenters. The van der Waals surface area contributed by atoms with Crippen LogP contribution in [0.25, 0.3) is 0 Å². The average Bonchev–Trinajstić information content (AvgIpc) is 2.37. The van der Waals surface area contributed by atoms with Crippen molar-refractivity contribution in [1.29, 1.82) is 0 Å².